The molecule has 0 radical (unpaired) electrons. The summed E-state index contributed by atoms with van der Waals surface area (Å²) >= 11 is 0. The van der Waals surface area contributed by atoms with Gasteiger partial charge in [-0.05, 0) is 31.9 Å². The van der Waals surface area contributed by atoms with Gasteiger partial charge in [-0.1, -0.05) is 26.0 Å². The Balaban J connectivity index is 2.25. The van der Waals surface area contributed by atoms with Crippen molar-refractivity contribution in [1.82, 2.24) is 10.2 Å². The van der Waals surface area contributed by atoms with Crippen LogP contribution in [0.4, 0.5) is 0 Å². The van der Waals surface area contributed by atoms with Crippen molar-refractivity contribution in [2.45, 2.75) is 39.8 Å². The minimum absolute atomic E-state index is 0.199. The van der Waals surface area contributed by atoms with E-state index in [2.05, 4.69) is 5.32 Å². The summed E-state index contributed by atoms with van der Waals surface area (Å²) in [5.74, 6) is -2.46. The molecule has 0 aliphatic carbocycles. The number of hydrogen-bond donors (Lipinski definition) is 1. The summed E-state index contributed by atoms with van der Waals surface area (Å²) in [5.41, 5.74) is 0.564. The van der Waals surface area contributed by atoms with E-state index >= 15 is 0 Å². The van der Waals surface area contributed by atoms with E-state index in [4.69, 9.17) is 4.74 Å². The number of amides is 3. The van der Waals surface area contributed by atoms with Crippen LogP contribution in [-0.2, 0) is 14.3 Å². The highest BCUT2D eigenvalue weighted by molar-refractivity contribution is 6.22. The molecule has 1 aromatic carbocycles. The second-order valence-electron chi connectivity index (χ2n) is 6.20. The number of nitrogens with one attached hydrogen (secondary N) is 1. The first-order valence-electron chi connectivity index (χ1n) is 8.23. The summed E-state index contributed by atoms with van der Waals surface area (Å²) in [4.78, 5) is 50.6. The third kappa shape index (κ3) is 3.55. The molecule has 1 aliphatic rings. The van der Waals surface area contributed by atoms with E-state index in [1.54, 1.807) is 45.0 Å². The Labute approximate surface area is 146 Å². The Hall–Kier alpha value is -2.70. The molecule has 2 rings (SSSR count). The molecule has 1 heterocycles. The van der Waals surface area contributed by atoms with Crippen LogP contribution >= 0.6 is 0 Å². The lowest BCUT2D eigenvalue weighted by molar-refractivity contribution is -0.147. The minimum atomic E-state index is -1.01. The van der Waals surface area contributed by atoms with Crippen molar-refractivity contribution >= 4 is 23.7 Å². The van der Waals surface area contributed by atoms with Crippen LogP contribution in [-0.4, -0.2) is 47.3 Å². The van der Waals surface area contributed by atoms with Crippen molar-refractivity contribution in [2.24, 2.45) is 5.92 Å². The number of nitrogens with zero attached hydrogens (tertiary/aromatic N) is 1. The molecule has 0 bridgehead atoms. The van der Waals surface area contributed by atoms with E-state index in [1.165, 1.54) is 6.92 Å². The highest BCUT2D eigenvalue weighted by atomic mass is 16.5. The zero-order valence-electron chi connectivity index (χ0n) is 14.7. The fraction of sp³-hybridized carbons (Fsp3) is 0.444. The van der Waals surface area contributed by atoms with E-state index in [0.29, 0.717) is 0 Å². The lowest BCUT2D eigenvalue weighted by atomic mass is 10.0. The largest absolute Gasteiger partial charge is 0.464 e. The number of rotatable bonds is 6. The topological polar surface area (TPSA) is 92.8 Å². The van der Waals surface area contributed by atoms with E-state index in [1.807, 2.05) is 0 Å². The lowest BCUT2D eigenvalue weighted by Gasteiger charge is -2.29. The van der Waals surface area contributed by atoms with Crippen LogP contribution < -0.4 is 5.32 Å². The highest BCUT2D eigenvalue weighted by Gasteiger charge is 2.44. The van der Waals surface area contributed by atoms with E-state index in [-0.39, 0.29) is 23.7 Å². The van der Waals surface area contributed by atoms with Crippen LogP contribution in [0.15, 0.2) is 24.3 Å². The van der Waals surface area contributed by atoms with Crippen LogP contribution in [0, 0.1) is 5.92 Å². The molecule has 1 aliphatic heterocycles. The Morgan fingerprint density at radius 2 is 1.60 bits per heavy atom. The number of fused-ring (bicyclic) bond motifs is 1. The maximum absolute atomic E-state index is 12.7. The normalized spacial score (nSPS) is 15.8. The molecule has 0 spiro atoms. The Bertz CT molecular complexity index is 678. The number of benzene rings is 1. The van der Waals surface area contributed by atoms with Gasteiger partial charge in [-0.15, -0.1) is 0 Å². The van der Waals surface area contributed by atoms with Gasteiger partial charge in [0.05, 0.1) is 17.7 Å². The average molecular weight is 346 g/mol. The third-order valence-electron chi connectivity index (χ3n) is 4.00. The number of imide groups is 1. The molecular weight excluding hydrogens is 324 g/mol. The molecule has 1 aromatic rings. The van der Waals surface area contributed by atoms with E-state index < -0.39 is 35.8 Å². The number of ether oxygens (including phenoxy) is 1. The van der Waals surface area contributed by atoms with Gasteiger partial charge in [-0.25, -0.2) is 4.79 Å². The van der Waals surface area contributed by atoms with Crippen LogP contribution in [0.3, 0.4) is 0 Å². The van der Waals surface area contributed by atoms with Gasteiger partial charge in [0.25, 0.3) is 11.8 Å². The second kappa shape index (κ2) is 7.46. The first kappa shape index (κ1) is 18.6. The van der Waals surface area contributed by atoms with Gasteiger partial charge in [0.1, 0.15) is 12.1 Å². The van der Waals surface area contributed by atoms with Crippen molar-refractivity contribution in [1.29, 1.82) is 0 Å². The zero-order chi connectivity index (χ0) is 18.7. The number of hydrogen-bond acceptors (Lipinski definition) is 5. The predicted octanol–water partition coefficient (Wildman–Crippen LogP) is 1.37. The maximum Gasteiger partial charge on any atom is 0.328 e. The maximum atomic E-state index is 12.7. The monoisotopic (exact) mass is 346 g/mol. The van der Waals surface area contributed by atoms with Crippen LogP contribution in [0.25, 0.3) is 0 Å². The summed E-state index contributed by atoms with van der Waals surface area (Å²) in [6.45, 7) is 6.84. The SMILES string of the molecule is CCOC(=O)C(C)NC(=O)C(C(C)C)N1C(=O)c2ccccc2C1=O. The Morgan fingerprint density at radius 3 is 2.04 bits per heavy atom. The molecule has 7 nitrogen and oxygen atoms in total. The predicted molar refractivity (Wildman–Crippen MR) is 89.8 cm³/mol. The smallest absolute Gasteiger partial charge is 0.328 e. The Kier molecular flexibility index (Phi) is 5.56. The van der Waals surface area contributed by atoms with Gasteiger partial charge >= 0.3 is 5.97 Å². The van der Waals surface area contributed by atoms with Gasteiger partial charge < -0.3 is 10.1 Å². The quantitative estimate of drug-likeness (QED) is 0.620. The fourth-order valence-electron chi connectivity index (χ4n) is 2.80. The van der Waals surface area contributed by atoms with Crippen molar-refractivity contribution in [2.75, 3.05) is 6.61 Å². The molecule has 7 heteroatoms. The third-order valence-corrected chi connectivity index (χ3v) is 4.00. The molecule has 0 saturated carbocycles. The minimum Gasteiger partial charge on any atom is -0.464 e. The van der Waals surface area contributed by atoms with Gasteiger partial charge in [0.15, 0.2) is 0 Å². The van der Waals surface area contributed by atoms with E-state index in [9.17, 15) is 19.2 Å². The van der Waals surface area contributed by atoms with Crippen molar-refractivity contribution in [3.63, 3.8) is 0 Å². The van der Waals surface area contributed by atoms with Gasteiger partial charge in [-0.3, -0.25) is 19.3 Å². The molecule has 0 saturated heterocycles. The van der Waals surface area contributed by atoms with Crippen LogP contribution in [0.5, 0.6) is 0 Å². The lowest BCUT2D eigenvalue weighted by Crippen LogP contribution is -2.55. The van der Waals surface area contributed by atoms with Crippen LogP contribution in [0.2, 0.25) is 0 Å². The number of carbonyl (C=O) groups is 4. The Morgan fingerprint density at radius 1 is 1.08 bits per heavy atom. The van der Waals surface area contributed by atoms with Crippen LogP contribution in [0.1, 0.15) is 48.4 Å². The van der Waals surface area contributed by atoms with Crippen molar-refractivity contribution in [3.05, 3.63) is 35.4 Å². The van der Waals surface area contributed by atoms with E-state index in [0.717, 1.165) is 4.90 Å². The summed E-state index contributed by atoms with van der Waals surface area (Å²) in [6, 6.07) is 4.58. The zero-order valence-corrected chi connectivity index (χ0v) is 14.7. The molecule has 2 atom stereocenters. The summed E-state index contributed by atoms with van der Waals surface area (Å²) in [6.07, 6.45) is 0. The molecule has 0 aromatic heterocycles. The number of esters is 1. The molecule has 2 unspecified atom stereocenters. The summed E-state index contributed by atoms with van der Waals surface area (Å²) in [7, 11) is 0. The summed E-state index contributed by atoms with van der Waals surface area (Å²) in [5, 5.41) is 2.53. The molecule has 25 heavy (non-hydrogen) atoms. The van der Waals surface area contributed by atoms with Crippen molar-refractivity contribution < 1.29 is 23.9 Å². The molecular formula is C18H22N2O5. The van der Waals surface area contributed by atoms with Gasteiger partial charge in [0, 0.05) is 0 Å². The first-order chi connectivity index (χ1) is 11.8. The van der Waals surface area contributed by atoms with Gasteiger partial charge in [0.2, 0.25) is 5.91 Å². The first-order valence-corrected chi connectivity index (χ1v) is 8.23. The number of carbonyl (C=O) groups excluding carboxylic acids is 4. The standard InChI is InChI=1S/C18H22N2O5/c1-5-25-18(24)11(4)19-15(21)14(10(2)3)20-16(22)12-8-6-7-9-13(12)17(20)23/h6-11,14H,5H2,1-4H3,(H,19,21). The molecule has 1 N–H and O–H groups in total. The second-order valence-corrected chi connectivity index (χ2v) is 6.20. The molecule has 0 fully saturated rings. The fourth-order valence-corrected chi connectivity index (χ4v) is 2.80. The molecule has 3 amide bonds. The highest BCUT2D eigenvalue weighted by Crippen LogP contribution is 2.27. The van der Waals surface area contributed by atoms with Crippen molar-refractivity contribution in [3.8, 4) is 0 Å². The average Bonchev–Trinajstić information content (AvgIpc) is 2.80. The van der Waals surface area contributed by atoms with Gasteiger partial charge in [-0.2, -0.15) is 0 Å². The summed E-state index contributed by atoms with van der Waals surface area (Å²) < 4.78 is 4.86. The molecule has 134 valence electrons.